The SMILES string of the molecule is [N-]=[N+]=NP1(N)=NP(N=[N+]=[N-])(N=[N+]=[N-])=NP(N)(N=[N+]=[N-])=NP(N=[N+]=[N-])(N=[N+]=[N-])=N1. The monoisotopic (exact) mass is 464 g/mol. The standard InChI is InChI=1S/H4N24P4/c1-9-15-25(7)21-27(17-11-3,18-12-4)23-26(8,16-10-2)24-28(22-25,19-13-5)20-14-6/h7-8H2. The molecule has 28 heteroatoms. The lowest BCUT2D eigenvalue weighted by molar-refractivity contribution is 1.41. The fourth-order valence-electron chi connectivity index (χ4n) is 1.36. The summed E-state index contributed by atoms with van der Waals surface area (Å²) in [7, 11) is -17.1. The van der Waals surface area contributed by atoms with Crippen molar-refractivity contribution in [2.24, 2.45) is 58.4 Å². The van der Waals surface area contributed by atoms with Gasteiger partial charge in [0.15, 0.2) is 0 Å². The molecule has 0 fully saturated rings. The third kappa shape index (κ3) is 5.35. The van der Waals surface area contributed by atoms with Crippen LogP contribution in [0.2, 0.25) is 0 Å². The lowest BCUT2D eigenvalue weighted by Gasteiger charge is -2.22. The van der Waals surface area contributed by atoms with Gasteiger partial charge in [-0.3, -0.25) is 11.0 Å². The minimum Gasteiger partial charge on any atom is -0.274 e. The van der Waals surface area contributed by atoms with E-state index < -0.39 is 30.0 Å². The average molecular weight is 464 g/mol. The van der Waals surface area contributed by atoms with E-state index in [4.69, 9.17) is 44.2 Å². The first-order valence-electron chi connectivity index (χ1n) is 5.72. The van der Waals surface area contributed by atoms with Crippen molar-refractivity contribution in [2.45, 2.75) is 0 Å². The van der Waals surface area contributed by atoms with E-state index in [1.54, 1.807) is 0 Å². The fraction of sp³-hybridized carbons (Fsp3) is 0. The van der Waals surface area contributed by atoms with Gasteiger partial charge in [-0.15, -0.1) is 0 Å². The summed E-state index contributed by atoms with van der Waals surface area (Å²) >= 11 is 0. The van der Waals surface area contributed by atoms with E-state index in [9.17, 15) is 0 Å². The summed E-state index contributed by atoms with van der Waals surface area (Å²) in [6, 6.07) is 0. The molecule has 0 saturated carbocycles. The van der Waals surface area contributed by atoms with Gasteiger partial charge in [0, 0.05) is 29.5 Å². The first-order valence-corrected chi connectivity index (χ1v) is 12.3. The Hall–Kier alpha value is -3.30. The lowest BCUT2D eigenvalue weighted by atomic mass is 13.0. The number of rotatable bonds is 6. The first kappa shape index (κ1) is 22.7. The molecule has 0 amide bonds. The summed E-state index contributed by atoms with van der Waals surface area (Å²) in [6.45, 7) is 0. The Morgan fingerprint density at radius 1 is 0.464 bits per heavy atom. The van der Waals surface area contributed by atoms with Crippen molar-refractivity contribution in [3.8, 4) is 0 Å². The van der Waals surface area contributed by atoms with Gasteiger partial charge in [0.05, 0.1) is 0 Å². The Labute approximate surface area is 151 Å². The Bertz CT molecular complexity index is 1050. The zero-order valence-electron chi connectivity index (χ0n) is 12.8. The topological polar surface area (TPSA) is 394 Å². The summed E-state index contributed by atoms with van der Waals surface area (Å²) in [6.07, 6.45) is 0. The van der Waals surface area contributed by atoms with Gasteiger partial charge in [-0.25, -0.2) is 18.1 Å². The van der Waals surface area contributed by atoms with Gasteiger partial charge in [-0.05, 0) is 62.5 Å². The van der Waals surface area contributed by atoms with Crippen LogP contribution in [0.25, 0.3) is 62.7 Å². The molecule has 1 aliphatic heterocycles. The number of hydrogen-bond acceptors (Lipinski definition) is 12. The van der Waals surface area contributed by atoms with Crippen LogP contribution in [-0.2, 0) is 0 Å². The maximum absolute atomic E-state index is 8.78. The molecule has 4 N–H and O–H groups in total. The van der Waals surface area contributed by atoms with E-state index in [1.807, 2.05) is 0 Å². The molecule has 2 unspecified atom stereocenters. The second kappa shape index (κ2) is 9.07. The van der Waals surface area contributed by atoms with Gasteiger partial charge < -0.3 is 0 Å². The zero-order valence-corrected chi connectivity index (χ0v) is 16.4. The van der Waals surface area contributed by atoms with Crippen LogP contribution in [0, 0.1) is 0 Å². The van der Waals surface area contributed by atoms with Crippen molar-refractivity contribution >= 4 is 30.0 Å². The Morgan fingerprint density at radius 2 is 0.714 bits per heavy atom. The van der Waals surface area contributed by atoms with Crippen molar-refractivity contribution in [3.63, 3.8) is 0 Å². The van der Waals surface area contributed by atoms with Gasteiger partial charge in [0.25, 0.3) is 15.0 Å². The van der Waals surface area contributed by atoms with E-state index in [1.165, 1.54) is 0 Å². The minimum absolute atomic E-state index is 2.42. The molecule has 1 rings (SSSR count). The van der Waals surface area contributed by atoms with Crippen LogP contribution < -0.4 is 11.0 Å². The third-order valence-electron chi connectivity index (χ3n) is 1.99. The number of nitrogens with two attached hydrogens (primary N) is 2. The minimum atomic E-state index is -4.31. The quantitative estimate of drug-likeness (QED) is 0.174. The van der Waals surface area contributed by atoms with Crippen LogP contribution in [0.5, 0.6) is 0 Å². The highest BCUT2D eigenvalue weighted by atomic mass is 31.3. The molecule has 0 aromatic heterocycles. The van der Waals surface area contributed by atoms with Crippen molar-refractivity contribution in [1.29, 1.82) is 0 Å². The van der Waals surface area contributed by atoms with Gasteiger partial charge in [0.1, 0.15) is 0 Å². The molecule has 0 radical (unpaired) electrons. The van der Waals surface area contributed by atoms with Gasteiger partial charge in [-0.2, -0.15) is 0 Å². The molecule has 144 valence electrons. The summed E-state index contributed by atoms with van der Waals surface area (Å²) in [5, 5.41) is 0. The largest absolute Gasteiger partial charge is 0.274 e. The summed E-state index contributed by atoms with van der Waals surface area (Å²) in [4.78, 5) is 33.4. The van der Waals surface area contributed by atoms with E-state index in [2.05, 4.69) is 76.8 Å². The molecule has 0 aliphatic carbocycles. The molecule has 0 bridgehead atoms. The summed E-state index contributed by atoms with van der Waals surface area (Å²) < 4.78 is 14.7. The molecule has 2 atom stereocenters. The molecule has 28 heavy (non-hydrogen) atoms. The second-order valence-electron chi connectivity index (χ2n) is 3.73. The summed E-state index contributed by atoms with van der Waals surface area (Å²) in [5.41, 5.74) is 64.2. The van der Waals surface area contributed by atoms with Crippen LogP contribution in [0.4, 0.5) is 0 Å². The van der Waals surface area contributed by atoms with Crippen molar-refractivity contribution < 1.29 is 0 Å². The first-order chi connectivity index (χ1) is 13.2. The van der Waals surface area contributed by atoms with Crippen molar-refractivity contribution in [3.05, 3.63) is 62.7 Å². The highest BCUT2D eigenvalue weighted by molar-refractivity contribution is 7.84. The maximum atomic E-state index is 8.78. The van der Waals surface area contributed by atoms with E-state index in [-0.39, 0.29) is 0 Å². The maximum Gasteiger partial charge on any atom is 0.256 e. The molecular formula is H4N24P4. The Balaban J connectivity index is 4.55. The number of hydrogen-bond donors (Lipinski definition) is 2. The van der Waals surface area contributed by atoms with Gasteiger partial charge in [-0.1, -0.05) is 0 Å². The smallest absolute Gasteiger partial charge is 0.256 e. The highest BCUT2D eigenvalue weighted by Crippen LogP contribution is 2.78. The van der Waals surface area contributed by atoms with Crippen LogP contribution in [0.3, 0.4) is 0 Å². The van der Waals surface area contributed by atoms with E-state index >= 15 is 0 Å². The Morgan fingerprint density at radius 3 is 0.929 bits per heavy atom. The van der Waals surface area contributed by atoms with Crippen LogP contribution in [0.15, 0.2) is 47.4 Å². The zero-order chi connectivity index (χ0) is 21.3. The normalized spacial score (nSPS) is 32.9. The van der Waals surface area contributed by atoms with Crippen LogP contribution in [0.1, 0.15) is 0 Å². The highest BCUT2D eigenvalue weighted by Gasteiger charge is 2.33. The predicted octanol–water partition coefficient (Wildman–Crippen LogP) is 7.56. The van der Waals surface area contributed by atoms with Crippen LogP contribution in [-0.4, -0.2) is 0 Å². The van der Waals surface area contributed by atoms with Crippen molar-refractivity contribution in [1.82, 2.24) is 0 Å². The molecule has 0 saturated heterocycles. The average Bonchev–Trinajstić information content (AvgIpc) is 2.54. The van der Waals surface area contributed by atoms with Crippen LogP contribution >= 0.6 is 30.0 Å². The van der Waals surface area contributed by atoms with Crippen molar-refractivity contribution in [2.75, 3.05) is 0 Å². The lowest BCUT2D eigenvalue weighted by Crippen LogP contribution is -1.93. The molecule has 0 aromatic rings. The van der Waals surface area contributed by atoms with E-state index in [0.717, 1.165) is 0 Å². The van der Waals surface area contributed by atoms with E-state index in [0.29, 0.717) is 0 Å². The predicted molar refractivity (Wildman–Crippen MR) is 101 cm³/mol. The van der Waals surface area contributed by atoms with Gasteiger partial charge in [0.2, 0.25) is 15.0 Å². The van der Waals surface area contributed by atoms with Gasteiger partial charge >= 0.3 is 0 Å². The molecule has 0 spiro atoms. The third-order valence-corrected chi connectivity index (χ3v) is 12.0. The number of azide groups is 4. The molecule has 24 nitrogen and oxygen atoms in total. The molecule has 1 heterocycles. The Kier molecular flexibility index (Phi) is 7.36. The fourth-order valence-corrected chi connectivity index (χ4v) is 11.3. The summed E-state index contributed by atoms with van der Waals surface area (Å²) in [5.74, 6) is 0. The molecular weight excluding hydrogens is 460 g/mol. The molecule has 1 aliphatic rings. The second-order valence-corrected chi connectivity index (χ2v) is 12.3. The number of nitrogens with zero attached hydrogens (tertiary/aromatic N) is 22. The molecule has 0 aromatic carbocycles.